The summed E-state index contributed by atoms with van der Waals surface area (Å²) in [4.78, 5) is 0.150. The molecular weight excluding hydrogens is 286 g/mol. The standard InChI is InChI=1S/C11H21N3O3S2/c1-3-19(15,16)9-10(12)14-18-11(9)13-7-5-4-6-8-17-2/h13H,3-8H2,1-2H3,(H2,12,14). The maximum Gasteiger partial charge on any atom is 0.184 e. The fraction of sp³-hybridized carbons (Fsp3) is 0.727. The SMILES string of the molecule is CCS(=O)(=O)c1c(N)nsc1NCCCCCOC. The Kier molecular flexibility index (Phi) is 6.53. The maximum atomic E-state index is 11.9. The van der Waals surface area contributed by atoms with Crippen molar-refractivity contribution >= 4 is 32.2 Å². The third kappa shape index (κ3) is 4.63. The molecule has 1 heterocycles. The van der Waals surface area contributed by atoms with Crippen LogP contribution in [0, 0.1) is 0 Å². The van der Waals surface area contributed by atoms with Crippen LogP contribution in [0.4, 0.5) is 10.8 Å². The molecule has 1 aromatic rings. The fourth-order valence-corrected chi connectivity index (χ4v) is 3.79. The third-order valence-electron chi connectivity index (χ3n) is 2.68. The Morgan fingerprint density at radius 2 is 2.11 bits per heavy atom. The van der Waals surface area contributed by atoms with Gasteiger partial charge in [0.1, 0.15) is 9.90 Å². The van der Waals surface area contributed by atoms with E-state index in [4.69, 9.17) is 10.5 Å². The van der Waals surface area contributed by atoms with E-state index in [0.717, 1.165) is 37.4 Å². The number of nitrogens with two attached hydrogens (primary N) is 1. The van der Waals surface area contributed by atoms with Crippen molar-refractivity contribution in [1.82, 2.24) is 4.37 Å². The average Bonchev–Trinajstić information content (AvgIpc) is 2.75. The highest BCUT2D eigenvalue weighted by molar-refractivity contribution is 7.91. The Morgan fingerprint density at radius 3 is 2.74 bits per heavy atom. The maximum absolute atomic E-state index is 11.9. The van der Waals surface area contributed by atoms with Crippen LogP contribution in [0.15, 0.2) is 4.90 Å². The van der Waals surface area contributed by atoms with E-state index in [9.17, 15) is 8.42 Å². The lowest BCUT2D eigenvalue weighted by Crippen LogP contribution is -2.10. The summed E-state index contributed by atoms with van der Waals surface area (Å²) in [5.74, 6) is 0.117. The van der Waals surface area contributed by atoms with Gasteiger partial charge in [0, 0.05) is 20.3 Å². The van der Waals surface area contributed by atoms with Crippen LogP contribution in [0.2, 0.25) is 0 Å². The predicted molar refractivity (Wildman–Crippen MR) is 78.5 cm³/mol. The van der Waals surface area contributed by atoms with Crippen LogP contribution in [0.1, 0.15) is 26.2 Å². The molecule has 0 unspecified atom stereocenters. The van der Waals surface area contributed by atoms with Gasteiger partial charge in [-0.2, -0.15) is 4.37 Å². The Morgan fingerprint density at radius 1 is 1.37 bits per heavy atom. The summed E-state index contributed by atoms with van der Waals surface area (Å²) in [6.07, 6.45) is 2.99. The minimum absolute atomic E-state index is 0.0259. The van der Waals surface area contributed by atoms with E-state index in [1.54, 1.807) is 14.0 Å². The topological polar surface area (TPSA) is 94.3 Å². The Hall–Kier alpha value is -0.860. The number of nitrogens with zero attached hydrogens (tertiary/aromatic N) is 1. The number of hydrogen-bond donors (Lipinski definition) is 2. The minimum atomic E-state index is -3.33. The van der Waals surface area contributed by atoms with Gasteiger partial charge in [-0.05, 0) is 30.8 Å². The van der Waals surface area contributed by atoms with Crippen LogP contribution in [0.3, 0.4) is 0 Å². The monoisotopic (exact) mass is 307 g/mol. The third-order valence-corrected chi connectivity index (χ3v) is 5.42. The number of sulfone groups is 1. The molecule has 0 saturated carbocycles. The Bertz CT molecular complexity index is 485. The molecule has 19 heavy (non-hydrogen) atoms. The molecule has 6 nitrogen and oxygen atoms in total. The highest BCUT2D eigenvalue weighted by Crippen LogP contribution is 2.32. The molecule has 8 heteroatoms. The van der Waals surface area contributed by atoms with Crippen LogP contribution in [-0.4, -0.2) is 38.8 Å². The van der Waals surface area contributed by atoms with Gasteiger partial charge in [0.25, 0.3) is 0 Å². The highest BCUT2D eigenvalue weighted by atomic mass is 32.2. The minimum Gasteiger partial charge on any atom is -0.385 e. The first-order chi connectivity index (χ1) is 9.03. The zero-order valence-corrected chi connectivity index (χ0v) is 12.9. The summed E-state index contributed by atoms with van der Waals surface area (Å²) in [5, 5.41) is 3.65. The number of anilines is 2. The zero-order valence-electron chi connectivity index (χ0n) is 11.3. The summed E-state index contributed by atoms with van der Waals surface area (Å²) in [6, 6.07) is 0. The van der Waals surface area contributed by atoms with E-state index in [2.05, 4.69) is 9.69 Å². The lowest BCUT2D eigenvalue weighted by molar-refractivity contribution is 0.192. The Labute approximate surface area is 118 Å². The van der Waals surface area contributed by atoms with Crippen LogP contribution in [0.25, 0.3) is 0 Å². The highest BCUT2D eigenvalue weighted by Gasteiger charge is 2.23. The Balaban J connectivity index is 2.56. The van der Waals surface area contributed by atoms with Gasteiger partial charge in [-0.1, -0.05) is 6.92 Å². The van der Waals surface area contributed by atoms with Crippen LogP contribution in [-0.2, 0) is 14.6 Å². The largest absolute Gasteiger partial charge is 0.385 e. The first-order valence-electron chi connectivity index (χ1n) is 6.23. The number of nitrogens with one attached hydrogen (secondary N) is 1. The number of aromatic nitrogens is 1. The summed E-state index contributed by atoms with van der Waals surface area (Å²) in [6.45, 7) is 3.06. The summed E-state index contributed by atoms with van der Waals surface area (Å²) >= 11 is 1.10. The van der Waals surface area contributed by atoms with Crippen molar-refractivity contribution in [3.8, 4) is 0 Å². The molecule has 0 aliphatic rings. The van der Waals surface area contributed by atoms with Gasteiger partial charge in [-0.25, -0.2) is 8.42 Å². The van der Waals surface area contributed by atoms with Crippen LogP contribution >= 0.6 is 11.5 Å². The molecule has 0 spiro atoms. The summed E-state index contributed by atoms with van der Waals surface area (Å²) < 4.78 is 32.7. The van der Waals surface area contributed by atoms with Gasteiger partial charge in [-0.15, -0.1) is 0 Å². The van der Waals surface area contributed by atoms with Gasteiger partial charge in [-0.3, -0.25) is 0 Å². The second-order valence-electron chi connectivity index (χ2n) is 4.11. The molecule has 3 N–H and O–H groups in total. The van der Waals surface area contributed by atoms with Crippen molar-refractivity contribution in [2.75, 3.05) is 37.1 Å². The average molecular weight is 307 g/mol. The zero-order chi connectivity index (χ0) is 14.3. The molecule has 0 amide bonds. The molecule has 0 radical (unpaired) electrons. The molecule has 0 fully saturated rings. The number of methoxy groups -OCH3 is 1. The second kappa shape index (κ2) is 7.66. The number of hydrogen-bond acceptors (Lipinski definition) is 7. The van der Waals surface area contributed by atoms with Gasteiger partial charge < -0.3 is 15.8 Å². The van der Waals surface area contributed by atoms with Crippen molar-refractivity contribution in [2.24, 2.45) is 0 Å². The lowest BCUT2D eigenvalue weighted by Gasteiger charge is -2.06. The van der Waals surface area contributed by atoms with Crippen molar-refractivity contribution in [2.45, 2.75) is 31.1 Å². The van der Waals surface area contributed by atoms with E-state index in [1.807, 2.05) is 0 Å². The number of rotatable bonds is 9. The van der Waals surface area contributed by atoms with Crippen molar-refractivity contribution in [3.05, 3.63) is 0 Å². The first kappa shape index (κ1) is 16.2. The van der Waals surface area contributed by atoms with Gasteiger partial charge in [0.2, 0.25) is 0 Å². The van der Waals surface area contributed by atoms with E-state index in [1.165, 1.54) is 0 Å². The summed E-state index contributed by atoms with van der Waals surface area (Å²) in [7, 11) is -1.65. The van der Waals surface area contributed by atoms with E-state index in [0.29, 0.717) is 11.5 Å². The van der Waals surface area contributed by atoms with Gasteiger partial charge in [0.15, 0.2) is 15.7 Å². The summed E-state index contributed by atoms with van der Waals surface area (Å²) in [5.41, 5.74) is 5.64. The van der Waals surface area contributed by atoms with Gasteiger partial charge >= 0.3 is 0 Å². The normalized spacial score (nSPS) is 11.7. The van der Waals surface area contributed by atoms with E-state index in [-0.39, 0.29) is 16.5 Å². The molecule has 0 aliphatic carbocycles. The molecule has 0 saturated heterocycles. The van der Waals surface area contributed by atoms with E-state index >= 15 is 0 Å². The predicted octanol–water partition coefficient (Wildman–Crippen LogP) is 1.75. The van der Waals surface area contributed by atoms with Crippen molar-refractivity contribution in [3.63, 3.8) is 0 Å². The smallest absolute Gasteiger partial charge is 0.184 e. The van der Waals surface area contributed by atoms with Gasteiger partial charge in [0.05, 0.1) is 5.75 Å². The van der Waals surface area contributed by atoms with Crippen molar-refractivity contribution in [1.29, 1.82) is 0 Å². The quantitative estimate of drug-likeness (QED) is 0.675. The number of unbranched alkanes of at least 4 members (excludes halogenated alkanes) is 2. The molecule has 1 aromatic heterocycles. The molecule has 0 aliphatic heterocycles. The second-order valence-corrected chi connectivity index (χ2v) is 7.10. The van der Waals surface area contributed by atoms with Crippen LogP contribution < -0.4 is 11.1 Å². The lowest BCUT2D eigenvalue weighted by atomic mass is 10.2. The van der Waals surface area contributed by atoms with E-state index < -0.39 is 9.84 Å². The number of ether oxygens (including phenoxy) is 1. The number of nitrogen functional groups attached to an aromatic ring is 1. The van der Waals surface area contributed by atoms with Crippen LogP contribution in [0.5, 0.6) is 0 Å². The molecule has 0 bridgehead atoms. The fourth-order valence-electron chi connectivity index (χ4n) is 1.60. The van der Waals surface area contributed by atoms with Crippen molar-refractivity contribution < 1.29 is 13.2 Å². The molecule has 110 valence electrons. The molecule has 1 rings (SSSR count). The molecular formula is C11H21N3O3S2. The molecule has 0 atom stereocenters. The first-order valence-corrected chi connectivity index (χ1v) is 8.66. The molecule has 0 aromatic carbocycles.